The van der Waals surface area contributed by atoms with E-state index in [4.69, 9.17) is 5.11 Å². The largest absolute Gasteiger partial charge is 0.480 e. The minimum Gasteiger partial charge on any atom is -0.480 e. The molecule has 0 radical (unpaired) electrons. The van der Waals surface area contributed by atoms with Gasteiger partial charge in [-0.05, 0) is 36.2 Å². The van der Waals surface area contributed by atoms with E-state index in [1.54, 1.807) is 32.1 Å². The maximum absolute atomic E-state index is 11.8. The number of thiol groups is 2. The summed E-state index contributed by atoms with van der Waals surface area (Å²) in [5.74, 6) is -1.25. The first-order chi connectivity index (χ1) is 17.8. The van der Waals surface area contributed by atoms with Gasteiger partial charge in [-0.2, -0.15) is 25.3 Å². The number of nitrogens with one attached hydrogen (secondary N) is 2. The molecule has 5 N–H and O–H groups in total. The number of carbonyl (C=O) groups excluding carboxylic acids is 3. The number of amides is 2. The van der Waals surface area contributed by atoms with E-state index in [2.05, 4.69) is 40.6 Å². The van der Waals surface area contributed by atoms with Crippen LogP contribution in [0.1, 0.15) is 59.8 Å². The summed E-state index contributed by atoms with van der Waals surface area (Å²) >= 11 is 8.05. The second-order valence-electron chi connectivity index (χ2n) is 9.01. The van der Waals surface area contributed by atoms with E-state index >= 15 is 0 Å². The molecule has 0 aliphatic rings. The van der Waals surface area contributed by atoms with Crippen molar-refractivity contribution in [1.82, 2.24) is 10.6 Å². The van der Waals surface area contributed by atoms with Gasteiger partial charge >= 0.3 is 11.9 Å². The lowest BCUT2D eigenvalue weighted by Crippen LogP contribution is -2.46. The van der Waals surface area contributed by atoms with Crippen LogP contribution in [0.4, 0.5) is 0 Å². The number of esters is 1. The summed E-state index contributed by atoms with van der Waals surface area (Å²) in [4.78, 5) is 45.8. The number of aliphatic carboxylic acids is 1. The number of aliphatic hydroxyl groups excluding tert-OH is 2. The number of aliphatic hydroxyl groups is 2. The number of allylic oxidation sites excluding steroid dienone is 2. The van der Waals surface area contributed by atoms with Gasteiger partial charge in [0.05, 0.1) is 32.2 Å². The Hall–Kier alpha value is -2.02. The Morgan fingerprint density at radius 1 is 0.842 bits per heavy atom. The Balaban J connectivity index is 0. The van der Waals surface area contributed by atoms with E-state index in [9.17, 15) is 29.4 Å². The van der Waals surface area contributed by atoms with Crippen molar-refractivity contribution in [1.29, 1.82) is 0 Å². The van der Waals surface area contributed by atoms with Crippen LogP contribution in [0.25, 0.3) is 0 Å². The molecule has 0 heterocycles. The first-order valence-corrected chi connectivity index (χ1v) is 13.9. The number of ether oxygens (including phenoxy) is 1. The van der Waals surface area contributed by atoms with Gasteiger partial charge in [-0.3, -0.25) is 9.59 Å². The molecule has 4 unspecified atom stereocenters. The summed E-state index contributed by atoms with van der Waals surface area (Å²) in [5, 5.41) is 33.1. The maximum atomic E-state index is 11.8. The Kier molecular flexibility index (Phi) is 23.0. The van der Waals surface area contributed by atoms with Crippen LogP contribution in [-0.4, -0.2) is 82.0 Å². The normalized spacial score (nSPS) is 15.2. The summed E-state index contributed by atoms with van der Waals surface area (Å²) < 4.78 is 4.68. The number of carboxylic acids is 1. The van der Waals surface area contributed by atoms with Crippen LogP contribution in [0.2, 0.25) is 0 Å². The molecule has 10 nitrogen and oxygen atoms in total. The smallest absolute Gasteiger partial charge is 0.328 e. The molecule has 0 rings (SSSR count). The third kappa shape index (κ3) is 19.1. The van der Waals surface area contributed by atoms with Crippen LogP contribution in [0.3, 0.4) is 0 Å². The first kappa shape index (κ1) is 38.1. The number of carbonyl (C=O) groups is 4. The fourth-order valence-electron chi connectivity index (χ4n) is 2.95. The van der Waals surface area contributed by atoms with Crippen molar-refractivity contribution in [3.05, 3.63) is 24.3 Å². The second-order valence-corrected chi connectivity index (χ2v) is 9.90. The summed E-state index contributed by atoms with van der Waals surface area (Å²) in [7, 11) is 1.29. The molecule has 0 fully saturated rings. The van der Waals surface area contributed by atoms with Gasteiger partial charge in [0.25, 0.3) is 0 Å². The Morgan fingerprint density at radius 3 is 1.58 bits per heavy atom. The lowest BCUT2D eigenvalue weighted by atomic mass is 9.99. The lowest BCUT2D eigenvalue weighted by Gasteiger charge is -2.22. The SMILES string of the molecule is CC(C)C(NC(=O)CC(O)/C=C/CCS)C(=O)O.CC[C@H](C)C(NC(=O)CC(O)/C=C/CCS)C(=O)OC. The molecule has 0 aromatic rings. The summed E-state index contributed by atoms with van der Waals surface area (Å²) in [6, 6.07) is -1.60. The first-order valence-electron chi connectivity index (χ1n) is 12.6. The standard InChI is InChI=1S/C14H25NO4S.C12H21NO4S/c1-4-10(2)13(14(18)19-3)15-12(17)9-11(16)7-5-6-8-20;1-8(2)11(12(16)17)13-10(15)7-9(14)5-3-4-6-18/h5,7,10-11,13,16,20H,4,6,8-9H2,1-3H3,(H,15,17);3,5,8-9,11,14,18H,4,6-7H2,1-2H3,(H,13,15)(H,16,17)/b7-5+;5-3+/t10-,11?,13?;/m0./s1. The predicted octanol–water partition coefficient (Wildman–Crippen LogP) is 2.16. The molecule has 0 aromatic heterocycles. The van der Waals surface area contributed by atoms with Crippen molar-refractivity contribution in [2.24, 2.45) is 11.8 Å². The van der Waals surface area contributed by atoms with Crippen molar-refractivity contribution >= 4 is 49.0 Å². The molecule has 0 spiro atoms. The highest BCUT2D eigenvalue weighted by Crippen LogP contribution is 2.10. The van der Waals surface area contributed by atoms with Crippen LogP contribution in [0.15, 0.2) is 24.3 Å². The van der Waals surface area contributed by atoms with Gasteiger partial charge in [0.2, 0.25) is 11.8 Å². The van der Waals surface area contributed by atoms with Gasteiger partial charge < -0.3 is 30.7 Å². The van der Waals surface area contributed by atoms with E-state index in [-0.39, 0.29) is 30.6 Å². The lowest BCUT2D eigenvalue weighted by molar-refractivity contribution is -0.146. The summed E-state index contributed by atoms with van der Waals surface area (Å²) in [6.45, 7) is 7.22. The number of hydrogen-bond donors (Lipinski definition) is 7. The van der Waals surface area contributed by atoms with Crippen LogP contribution in [-0.2, 0) is 23.9 Å². The Morgan fingerprint density at radius 2 is 1.26 bits per heavy atom. The van der Waals surface area contributed by atoms with Gasteiger partial charge in [-0.15, -0.1) is 0 Å². The molecule has 38 heavy (non-hydrogen) atoms. The van der Waals surface area contributed by atoms with E-state index in [1.165, 1.54) is 13.2 Å². The minimum absolute atomic E-state index is 0.0248. The fourth-order valence-corrected chi connectivity index (χ4v) is 3.24. The van der Waals surface area contributed by atoms with Gasteiger partial charge in [0.15, 0.2) is 0 Å². The fraction of sp³-hybridized carbons (Fsp3) is 0.692. The highest BCUT2D eigenvalue weighted by Gasteiger charge is 2.27. The van der Waals surface area contributed by atoms with Crippen molar-refractivity contribution in [3.63, 3.8) is 0 Å². The third-order valence-corrected chi connectivity index (χ3v) is 5.85. The number of hydrogen-bond acceptors (Lipinski definition) is 9. The third-order valence-electron chi connectivity index (χ3n) is 5.33. The van der Waals surface area contributed by atoms with Crippen LogP contribution < -0.4 is 10.6 Å². The zero-order valence-corrected chi connectivity index (χ0v) is 24.8. The van der Waals surface area contributed by atoms with Crippen molar-refractivity contribution in [3.8, 4) is 0 Å². The van der Waals surface area contributed by atoms with E-state index < -0.39 is 42.1 Å². The van der Waals surface area contributed by atoms with E-state index in [0.29, 0.717) is 17.9 Å². The molecule has 5 atom stereocenters. The van der Waals surface area contributed by atoms with Gasteiger partial charge in [0, 0.05) is 0 Å². The quantitative estimate of drug-likeness (QED) is 0.0785. The van der Waals surface area contributed by atoms with Gasteiger partial charge in [0.1, 0.15) is 12.1 Å². The molecule has 0 saturated carbocycles. The highest BCUT2D eigenvalue weighted by molar-refractivity contribution is 7.80. The van der Waals surface area contributed by atoms with E-state index in [1.807, 2.05) is 13.8 Å². The average molecular weight is 579 g/mol. The number of rotatable bonds is 17. The minimum atomic E-state index is -1.07. The maximum Gasteiger partial charge on any atom is 0.328 e. The molecule has 0 aliphatic heterocycles. The zero-order valence-electron chi connectivity index (χ0n) is 23.0. The topological polar surface area (TPSA) is 162 Å². The molecule has 0 aromatic carbocycles. The van der Waals surface area contributed by atoms with Crippen LogP contribution in [0.5, 0.6) is 0 Å². The summed E-state index contributed by atoms with van der Waals surface area (Å²) in [5.41, 5.74) is 0. The number of carboxylic acid groups (broad SMARTS) is 1. The average Bonchev–Trinajstić information content (AvgIpc) is 2.85. The molecule has 12 heteroatoms. The molecule has 2 amide bonds. The van der Waals surface area contributed by atoms with E-state index in [0.717, 1.165) is 12.8 Å². The van der Waals surface area contributed by atoms with Gasteiger partial charge in [-0.1, -0.05) is 58.4 Å². The zero-order chi connectivity index (χ0) is 29.7. The number of methoxy groups -OCH3 is 1. The van der Waals surface area contributed by atoms with Crippen LogP contribution >= 0.6 is 25.3 Å². The van der Waals surface area contributed by atoms with Crippen LogP contribution in [0, 0.1) is 11.8 Å². The molecule has 220 valence electrons. The molecule has 0 aliphatic carbocycles. The van der Waals surface area contributed by atoms with Crippen molar-refractivity contribution in [2.45, 2.75) is 84.1 Å². The summed E-state index contributed by atoms with van der Waals surface area (Å²) in [6.07, 6.45) is 6.81. The van der Waals surface area contributed by atoms with Gasteiger partial charge in [-0.25, -0.2) is 9.59 Å². The Labute approximate surface area is 237 Å². The molecular formula is C26H46N2O8S2. The monoisotopic (exact) mass is 578 g/mol. The Bertz CT molecular complexity index is 762. The molecule has 0 bridgehead atoms. The predicted molar refractivity (Wildman–Crippen MR) is 154 cm³/mol. The van der Waals surface area contributed by atoms with Crippen molar-refractivity contribution in [2.75, 3.05) is 18.6 Å². The second kappa shape index (κ2) is 22.9. The van der Waals surface area contributed by atoms with Crippen molar-refractivity contribution < 1.29 is 39.2 Å². The molecular weight excluding hydrogens is 532 g/mol. The molecule has 0 saturated heterocycles. The highest BCUT2D eigenvalue weighted by atomic mass is 32.1.